The maximum atomic E-state index is 4.54. The molecule has 0 aliphatic carbocycles. The van der Waals surface area contributed by atoms with Crippen molar-refractivity contribution < 1.29 is 0 Å². The summed E-state index contributed by atoms with van der Waals surface area (Å²) in [6.45, 7) is 14.4. The fourth-order valence-electron chi connectivity index (χ4n) is 2.35. The van der Waals surface area contributed by atoms with Gasteiger partial charge in [-0.3, -0.25) is 0 Å². The lowest BCUT2D eigenvalue weighted by Crippen LogP contribution is -2.42. The second kappa shape index (κ2) is 8.11. The van der Waals surface area contributed by atoms with E-state index in [9.17, 15) is 0 Å². The van der Waals surface area contributed by atoms with Gasteiger partial charge in [0.25, 0.3) is 0 Å². The summed E-state index contributed by atoms with van der Waals surface area (Å²) in [6, 6.07) is 0.571. The van der Waals surface area contributed by atoms with E-state index in [0.29, 0.717) is 11.5 Å². The lowest BCUT2D eigenvalue weighted by molar-refractivity contribution is 0.218. The molecule has 20 heavy (non-hydrogen) atoms. The first-order valence-electron chi connectivity index (χ1n) is 7.66. The van der Waals surface area contributed by atoms with E-state index in [0.717, 1.165) is 24.6 Å². The molecule has 0 saturated heterocycles. The van der Waals surface area contributed by atoms with Crippen molar-refractivity contribution in [1.29, 1.82) is 0 Å². The van der Waals surface area contributed by atoms with Gasteiger partial charge >= 0.3 is 0 Å². The molecule has 1 heterocycles. The second-order valence-corrected chi connectivity index (χ2v) is 7.82. The molecular formula is C16H31N3S. The first-order chi connectivity index (χ1) is 9.32. The maximum Gasteiger partial charge on any atom is 0.0897 e. The molecule has 1 aromatic rings. The average molecular weight is 298 g/mol. The van der Waals surface area contributed by atoms with Crippen LogP contribution in [0.2, 0.25) is 0 Å². The van der Waals surface area contributed by atoms with Gasteiger partial charge in [-0.1, -0.05) is 27.7 Å². The molecule has 0 spiro atoms. The van der Waals surface area contributed by atoms with Crippen molar-refractivity contribution in [3.05, 3.63) is 16.1 Å². The minimum absolute atomic E-state index is 0.313. The minimum Gasteiger partial charge on any atom is -0.313 e. The Balaban J connectivity index is 2.41. The summed E-state index contributed by atoms with van der Waals surface area (Å²) in [5.41, 5.74) is 1.51. The van der Waals surface area contributed by atoms with Gasteiger partial charge < -0.3 is 10.2 Å². The molecule has 0 amide bonds. The fraction of sp³-hybridized carbons (Fsp3) is 0.812. The maximum absolute atomic E-state index is 4.54. The molecule has 1 rings (SSSR count). The zero-order chi connectivity index (χ0) is 15.2. The van der Waals surface area contributed by atoms with Crippen LogP contribution < -0.4 is 5.32 Å². The van der Waals surface area contributed by atoms with E-state index in [1.807, 2.05) is 0 Å². The van der Waals surface area contributed by atoms with Gasteiger partial charge in [0.1, 0.15) is 0 Å². The van der Waals surface area contributed by atoms with Crippen molar-refractivity contribution in [3.63, 3.8) is 0 Å². The summed E-state index contributed by atoms with van der Waals surface area (Å²) >= 11 is 1.74. The third kappa shape index (κ3) is 6.33. The number of aryl methyl sites for hydroxylation is 1. The summed E-state index contributed by atoms with van der Waals surface area (Å²) in [4.78, 5) is 6.91. The highest BCUT2D eigenvalue weighted by molar-refractivity contribution is 7.09. The van der Waals surface area contributed by atoms with Crippen LogP contribution >= 0.6 is 11.3 Å². The molecule has 1 N–H and O–H groups in total. The van der Waals surface area contributed by atoms with E-state index in [1.165, 1.54) is 18.5 Å². The summed E-state index contributed by atoms with van der Waals surface area (Å²) < 4.78 is 0. The monoisotopic (exact) mass is 297 g/mol. The molecule has 0 saturated carbocycles. The standard InChI is InChI=1S/C16H31N3S/c1-7-9-17-15(16(3,4)5)8-10-19(6)11-14-12-20-13(2)18-14/h12,15,17H,7-11H2,1-6H3. The van der Waals surface area contributed by atoms with Gasteiger partial charge in [0.05, 0.1) is 10.7 Å². The van der Waals surface area contributed by atoms with E-state index >= 15 is 0 Å². The van der Waals surface area contributed by atoms with Crippen molar-refractivity contribution in [2.24, 2.45) is 5.41 Å². The number of rotatable bonds is 8. The lowest BCUT2D eigenvalue weighted by atomic mass is 9.84. The topological polar surface area (TPSA) is 28.2 Å². The van der Waals surface area contributed by atoms with E-state index in [2.05, 4.69) is 62.2 Å². The van der Waals surface area contributed by atoms with Crippen LogP contribution in [-0.4, -0.2) is 36.1 Å². The van der Waals surface area contributed by atoms with Gasteiger partial charge in [-0.2, -0.15) is 0 Å². The zero-order valence-electron chi connectivity index (χ0n) is 14.0. The molecule has 1 unspecified atom stereocenters. The molecule has 1 atom stereocenters. The molecule has 0 fully saturated rings. The minimum atomic E-state index is 0.313. The zero-order valence-corrected chi connectivity index (χ0v) is 14.8. The Morgan fingerprint density at radius 2 is 2.10 bits per heavy atom. The van der Waals surface area contributed by atoms with Crippen LogP contribution in [0.4, 0.5) is 0 Å². The number of hydrogen-bond donors (Lipinski definition) is 1. The Bertz CT molecular complexity index is 381. The van der Waals surface area contributed by atoms with E-state index in [4.69, 9.17) is 0 Å². The summed E-state index contributed by atoms with van der Waals surface area (Å²) in [7, 11) is 2.19. The Hall–Kier alpha value is -0.450. The summed E-state index contributed by atoms with van der Waals surface area (Å²) in [5, 5.41) is 7.02. The Morgan fingerprint density at radius 3 is 2.60 bits per heavy atom. The molecule has 4 heteroatoms. The molecule has 1 aromatic heterocycles. The molecule has 0 radical (unpaired) electrons. The molecular weight excluding hydrogens is 266 g/mol. The highest BCUT2D eigenvalue weighted by atomic mass is 32.1. The third-order valence-corrected chi connectivity index (χ3v) is 4.41. The van der Waals surface area contributed by atoms with Crippen molar-refractivity contribution in [2.45, 2.75) is 60.0 Å². The number of nitrogens with zero attached hydrogens (tertiary/aromatic N) is 2. The van der Waals surface area contributed by atoms with Crippen LogP contribution in [-0.2, 0) is 6.54 Å². The highest BCUT2D eigenvalue weighted by Crippen LogP contribution is 2.22. The number of thiazole rings is 1. The van der Waals surface area contributed by atoms with Crippen LogP contribution in [0, 0.1) is 12.3 Å². The predicted molar refractivity (Wildman–Crippen MR) is 89.3 cm³/mol. The second-order valence-electron chi connectivity index (χ2n) is 6.76. The fourth-order valence-corrected chi connectivity index (χ4v) is 2.95. The van der Waals surface area contributed by atoms with Crippen LogP contribution in [0.5, 0.6) is 0 Å². The molecule has 0 aliphatic heterocycles. The van der Waals surface area contributed by atoms with E-state index in [-0.39, 0.29) is 0 Å². The lowest BCUT2D eigenvalue weighted by Gasteiger charge is -2.33. The smallest absolute Gasteiger partial charge is 0.0897 e. The van der Waals surface area contributed by atoms with Gasteiger partial charge in [-0.25, -0.2) is 4.98 Å². The van der Waals surface area contributed by atoms with Gasteiger partial charge in [0, 0.05) is 18.0 Å². The first-order valence-corrected chi connectivity index (χ1v) is 8.53. The number of aromatic nitrogens is 1. The van der Waals surface area contributed by atoms with Crippen molar-refractivity contribution in [1.82, 2.24) is 15.2 Å². The van der Waals surface area contributed by atoms with Gasteiger partial charge in [0.15, 0.2) is 0 Å². The normalized spacial score (nSPS) is 13.9. The van der Waals surface area contributed by atoms with Crippen LogP contribution in [0.15, 0.2) is 5.38 Å². The van der Waals surface area contributed by atoms with Crippen molar-refractivity contribution in [2.75, 3.05) is 20.1 Å². The Kier molecular flexibility index (Phi) is 7.13. The van der Waals surface area contributed by atoms with Crippen molar-refractivity contribution >= 4 is 11.3 Å². The van der Waals surface area contributed by atoms with Gasteiger partial charge in [-0.05, 0) is 45.3 Å². The summed E-state index contributed by atoms with van der Waals surface area (Å²) in [5.74, 6) is 0. The van der Waals surface area contributed by atoms with Crippen LogP contribution in [0.1, 0.15) is 51.2 Å². The molecule has 116 valence electrons. The largest absolute Gasteiger partial charge is 0.313 e. The third-order valence-electron chi connectivity index (χ3n) is 3.58. The van der Waals surface area contributed by atoms with Crippen molar-refractivity contribution in [3.8, 4) is 0 Å². The highest BCUT2D eigenvalue weighted by Gasteiger charge is 2.23. The number of nitrogens with one attached hydrogen (secondary N) is 1. The Morgan fingerprint density at radius 1 is 1.40 bits per heavy atom. The molecule has 0 aliphatic rings. The van der Waals surface area contributed by atoms with E-state index in [1.54, 1.807) is 11.3 Å². The number of hydrogen-bond acceptors (Lipinski definition) is 4. The van der Waals surface area contributed by atoms with Gasteiger partial charge in [0.2, 0.25) is 0 Å². The first kappa shape index (κ1) is 17.6. The van der Waals surface area contributed by atoms with Crippen LogP contribution in [0.25, 0.3) is 0 Å². The average Bonchev–Trinajstić information content (AvgIpc) is 2.73. The van der Waals surface area contributed by atoms with Crippen LogP contribution in [0.3, 0.4) is 0 Å². The molecule has 3 nitrogen and oxygen atoms in total. The van der Waals surface area contributed by atoms with E-state index < -0.39 is 0 Å². The van der Waals surface area contributed by atoms with Gasteiger partial charge in [-0.15, -0.1) is 11.3 Å². The predicted octanol–water partition coefficient (Wildman–Crippen LogP) is 3.69. The Labute approximate surface area is 128 Å². The summed E-state index contributed by atoms with van der Waals surface area (Å²) in [6.07, 6.45) is 2.38. The SMILES string of the molecule is CCCNC(CCN(C)Cc1csc(C)n1)C(C)(C)C. The molecule has 0 bridgehead atoms. The molecule has 0 aromatic carbocycles. The quantitative estimate of drug-likeness (QED) is 0.793.